The molecule has 1 N–H and O–H groups in total. The molecule has 1 aliphatic carbocycles. The van der Waals surface area contributed by atoms with E-state index >= 15 is 0 Å². The fraction of sp³-hybridized carbons (Fsp3) is 0.0455. The van der Waals surface area contributed by atoms with Gasteiger partial charge < -0.3 is 5.41 Å². The first-order chi connectivity index (χ1) is 11.4. The quantitative estimate of drug-likeness (QED) is 0.616. The molecule has 0 aliphatic heterocycles. The van der Waals surface area contributed by atoms with Gasteiger partial charge in [0.05, 0.1) is 0 Å². The zero-order chi connectivity index (χ0) is 15.6. The van der Waals surface area contributed by atoms with Crippen molar-refractivity contribution < 1.29 is 0 Å². The summed E-state index contributed by atoms with van der Waals surface area (Å²) in [4.78, 5) is 0. The summed E-state index contributed by atoms with van der Waals surface area (Å²) in [5.41, 5.74) is 7.23. The molecule has 1 heteroatoms. The van der Waals surface area contributed by atoms with Gasteiger partial charge in [-0.1, -0.05) is 84.9 Å². The zero-order valence-electron chi connectivity index (χ0n) is 12.7. The van der Waals surface area contributed by atoms with Crippen LogP contribution in [0.3, 0.4) is 0 Å². The molecular weight excluding hydrogens is 278 g/mol. The fourth-order valence-electron chi connectivity index (χ4n) is 3.40. The van der Waals surface area contributed by atoms with Gasteiger partial charge >= 0.3 is 0 Å². The van der Waals surface area contributed by atoms with Crippen molar-refractivity contribution >= 4 is 12.3 Å². The average molecular weight is 295 g/mol. The second-order valence-electron chi connectivity index (χ2n) is 5.78. The minimum atomic E-state index is 0.279. The SMILES string of the molecule is N=Cc1ccccc1-c1ccccc1C1C=Cc2ccccc21. The van der Waals surface area contributed by atoms with Gasteiger partial charge in [-0.3, -0.25) is 0 Å². The number of nitrogens with one attached hydrogen (secondary N) is 1. The molecule has 1 atom stereocenters. The summed E-state index contributed by atoms with van der Waals surface area (Å²) in [6.45, 7) is 0. The first-order valence-electron chi connectivity index (χ1n) is 7.84. The minimum Gasteiger partial charge on any atom is -0.308 e. The Morgan fingerprint density at radius 3 is 2.17 bits per heavy atom. The second-order valence-corrected chi connectivity index (χ2v) is 5.78. The van der Waals surface area contributed by atoms with E-state index in [1.54, 1.807) is 0 Å². The van der Waals surface area contributed by atoms with Gasteiger partial charge in [-0.15, -0.1) is 0 Å². The summed E-state index contributed by atoms with van der Waals surface area (Å²) in [5.74, 6) is 0.279. The molecule has 0 saturated carbocycles. The molecule has 23 heavy (non-hydrogen) atoms. The standard InChI is InChI=1S/C22H17N/c23-15-17-8-2-4-10-19(17)20-11-5-6-12-21(20)22-14-13-16-7-1-3-9-18(16)22/h1-15,22-23H. The first-order valence-corrected chi connectivity index (χ1v) is 7.84. The largest absolute Gasteiger partial charge is 0.308 e. The van der Waals surface area contributed by atoms with Crippen LogP contribution in [0.4, 0.5) is 0 Å². The van der Waals surface area contributed by atoms with Crippen molar-refractivity contribution in [2.45, 2.75) is 5.92 Å². The number of hydrogen-bond donors (Lipinski definition) is 1. The molecule has 0 aromatic heterocycles. The van der Waals surface area contributed by atoms with Gasteiger partial charge in [-0.05, 0) is 33.4 Å². The third-order valence-electron chi connectivity index (χ3n) is 4.50. The summed E-state index contributed by atoms with van der Waals surface area (Å²) in [7, 11) is 0. The fourth-order valence-corrected chi connectivity index (χ4v) is 3.40. The number of fused-ring (bicyclic) bond motifs is 1. The molecule has 0 spiro atoms. The Morgan fingerprint density at radius 2 is 1.35 bits per heavy atom. The van der Waals surface area contributed by atoms with Crippen molar-refractivity contribution in [2.24, 2.45) is 0 Å². The van der Waals surface area contributed by atoms with Gasteiger partial charge in [0.1, 0.15) is 0 Å². The number of benzene rings is 3. The van der Waals surface area contributed by atoms with Crippen molar-refractivity contribution in [3.8, 4) is 11.1 Å². The van der Waals surface area contributed by atoms with Crippen LogP contribution in [0.2, 0.25) is 0 Å². The predicted molar refractivity (Wildman–Crippen MR) is 97.1 cm³/mol. The highest BCUT2D eigenvalue weighted by Gasteiger charge is 2.21. The van der Waals surface area contributed by atoms with Crippen LogP contribution in [0, 0.1) is 5.41 Å². The van der Waals surface area contributed by atoms with E-state index in [4.69, 9.17) is 5.41 Å². The minimum absolute atomic E-state index is 0.279. The highest BCUT2D eigenvalue weighted by Crippen LogP contribution is 2.40. The van der Waals surface area contributed by atoms with Crippen LogP contribution in [0.1, 0.15) is 28.2 Å². The summed E-state index contributed by atoms with van der Waals surface area (Å²) in [6.07, 6.45) is 5.92. The van der Waals surface area contributed by atoms with Crippen molar-refractivity contribution in [3.63, 3.8) is 0 Å². The lowest BCUT2D eigenvalue weighted by atomic mass is 9.86. The zero-order valence-corrected chi connectivity index (χ0v) is 12.7. The summed E-state index contributed by atoms with van der Waals surface area (Å²) in [6, 6.07) is 25.2. The van der Waals surface area contributed by atoms with Crippen LogP contribution in [0.25, 0.3) is 17.2 Å². The number of allylic oxidation sites excluding steroid dienone is 1. The summed E-state index contributed by atoms with van der Waals surface area (Å²) < 4.78 is 0. The molecule has 0 bridgehead atoms. The summed E-state index contributed by atoms with van der Waals surface area (Å²) in [5, 5.41) is 7.69. The van der Waals surface area contributed by atoms with Crippen molar-refractivity contribution in [1.82, 2.24) is 0 Å². The van der Waals surface area contributed by atoms with Gasteiger partial charge in [0.25, 0.3) is 0 Å². The maximum absolute atomic E-state index is 7.69. The number of hydrogen-bond acceptors (Lipinski definition) is 1. The van der Waals surface area contributed by atoms with Gasteiger partial charge in [0, 0.05) is 12.1 Å². The highest BCUT2D eigenvalue weighted by atomic mass is 14.3. The predicted octanol–water partition coefficient (Wildman–Crippen LogP) is 5.51. The van der Waals surface area contributed by atoms with Crippen LogP contribution in [0.15, 0.2) is 78.9 Å². The molecule has 3 aromatic rings. The van der Waals surface area contributed by atoms with E-state index in [1.807, 2.05) is 18.2 Å². The maximum atomic E-state index is 7.69. The van der Waals surface area contributed by atoms with E-state index in [9.17, 15) is 0 Å². The lowest BCUT2D eigenvalue weighted by Crippen LogP contribution is -1.99. The van der Waals surface area contributed by atoms with Gasteiger partial charge in [-0.25, -0.2) is 0 Å². The normalized spacial score (nSPS) is 15.4. The monoisotopic (exact) mass is 295 g/mol. The van der Waals surface area contributed by atoms with E-state index in [0.717, 1.165) is 11.1 Å². The van der Waals surface area contributed by atoms with Crippen LogP contribution < -0.4 is 0 Å². The van der Waals surface area contributed by atoms with Crippen LogP contribution >= 0.6 is 0 Å². The number of rotatable bonds is 3. The lowest BCUT2D eigenvalue weighted by molar-refractivity contribution is 1.05. The molecule has 3 aromatic carbocycles. The molecule has 0 saturated heterocycles. The Morgan fingerprint density at radius 1 is 0.696 bits per heavy atom. The summed E-state index contributed by atoms with van der Waals surface area (Å²) >= 11 is 0. The second kappa shape index (κ2) is 5.69. The van der Waals surface area contributed by atoms with E-state index in [0.29, 0.717) is 0 Å². The Labute approximate surface area is 136 Å². The Balaban J connectivity index is 1.90. The van der Waals surface area contributed by atoms with E-state index in [2.05, 4.69) is 66.7 Å². The molecule has 1 aliphatic rings. The van der Waals surface area contributed by atoms with Gasteiger partial charge in [0.2, 0.25) is 0 Å². The molecule has 1 unspecified atom stereocenters. The topological polar surface area (TPSA) is 23.9 Å². The van der Waals surface area contributed by atoms with E-state index < -0.39 is 0 Å². The Kier molecular flexibility index (Phi) is 3.39. The Bertz CT molecular complexity index is 905. The molecule has 0 heterocycles. The molecule has 4 rings (SSSR count). The third-order valence-corrected chi connectivity index (χ3v) is 4.50. The van der Waals surface area contributed by atoms with Gasteiger partial charge in [0.15, 0.2) is 0 Å². The third kappa shape index (κ3) is 2.31. The maximum Gasteiger partial charge on any atom is 0.0284 e. The highest BCUT2D eigenvalue weighted by molar-refractivity contribution is 5.90. The van der Waals surface area contributed by atoms with Crippen LogP contribution in [0.5, 0.6) is 0 Å². The molecule has 0 amide bonds. The first kappa shape index (κ1) is 13.7. The van der Waals surface area contributed by atoms with Crippen LogP contribution in [-0.4, -0.2) is 6.21 Å². The molecule has 0 fully saturated rings. The molecule has 1 nitrogen and oxygen atoms in total. The Hall–Kier alpha value is -2.93. The molecule has 110 valence electrons. The lowest BCUT2D eigenvalue weighted by Gasteiger charge is -2.17. The van der Waals surface area contributed by atoms with Crippen molar-refractivity contribution in [2.75, 3.05) is 0 Å². The van der Waals surface area contributed by atoms with E-state index in [-0.39, 0.29) is 5.92 Å². The van der Waals surface area contributed by atoms with Crippen molar-refractivity contribution in [1.29, 1.82) is 5.41 Å². The smallest absolute Gasteiger partial charge is 0.0284 e. The molecule has 0 radical (unpaired) electrons. The van der Waals surface area contributed by atoms with E-state index in [1.165, 1.54) is 28.5 Å². The van der Waals surface area contributed by atoms with Crippen LogP contribution in [-0.2, 0) is 0 Å². The molecular formula is C22H17N. The van der Waals surface area contributed by atoms with Crippen molar-refractivity contribution in [3.05, 3.63) is 101 Å². The average Bonchev–Trinajstić information content (AvgIpc) is 3.05. The van der Waals surface area contributed by atoms with Gasteiger partial charge in [-0.2, -0.15) is 0 Å².